The van der Waals surface area contributed by atoms with Crippen LogP contribution in [0.2, 0.25) is 0 Å². The van der Waals surface area contributed by atoms with E-state index in [0.717, 1.165) is 31.6 Å². The molecule has 4 nitrogen and oxygen atoms in total. The predicted octanol–water partition coefficient (Wildman–Crippen LogP) is 2.88. The van der Waals surface area contributed by atoms with E-state index in [9.17, 15) is 18.3 Å². The van der Waals surface area contributed by atoms with E-state index in [1.165, 1.54) is 6.07 Å². The summed E-state index contributed by atoms with van der Waals surface area (Å²) in [6, 6.07) is 2.21. The molecule has 1 saturated heterocycles. The van der Waals surface area contributed by atoms with Crippen LogP contribution in [0, 0.1) is 0 Å². The fourth-order valence-electron chi connectivity index (χ4n) is 2.55. The Hall–Kier alpha value is -1.60. The average Bonchev–Trinajstić information content (AvgIpc) is 2.91. The van der Waals surface area contributed by atoms with E-state index in [4.69, 9.17) is 4.74 Å². The summed E-state index contributed by atoms with van der Waals surface area (Å²) in [6.07, 6.45) is -0.164. The molecule has 1 aliphatic rings. The Labute approximate surface area is 133 Å². The molecule has 1 aromatic heterocycles. The lowest BCUT2D eigenvalue weighted by atomic mass is 10.2. The zero-order valence-corrected chi connectivity index (χ0v) is 12.8. The molecule has 0 aliphatic carbocycles. The van der Waals surface area contributed by atoms with Gasteiger partial charge in [0.1, 0.15) is 6.10 Å². The summed E-state index contributed by atoms with van der Waals surface area (Å²) in [6.45, 7) is 5.61. The number of allylic oxidation sites excluding steroid dienone is 1. The van der Waals surface area contributed by atoms with E-state index in [0.29, 0.717) is 19.5 Å². The van der Waals surface area contributed by atoms with Crippen LogP contribution in [0.25, 0.3) is 0 Å². The topological polar surface area (TPSA) is 45.6 Å². The molecule has 1 aliphatic heterocycles. The van der Waals surface area contributed by atoms with Crippen molar-refractivity contribution < 1.29 is 23.0 Å². The zero-order valence-electron chi connectivity index (χ0n) is 12.8. The number of aliphatic hydroxyl groups excluding tert-OH is 1. The first-order valence-electron chi connectivity index (χ1n) is 7.59. The van der Waals surface area contributed by atoms with Gasteiger partial charge in [-0.1, -0.05) is 6.08 Å². The molecule has 1 aromatic rings. The Morgan fingerprint density at radius 1 is 1.48 bits per heavy atom. The highest BCUT2D eigenvalue weighted by molar-refractivity contribution is 5.20. The minimum Gasteiger partial charge on any atom is -0.473 e. The number of likely N-dealkylation sites (tertiary alicyclic amines) is 1. The van der Waals surface area contributed by atoms with Crippen molar-refractivity contribution in [1.82, 2.24) is 9.88 Å². The van der Waals surface area contributed by atoms with Gasteiger partial charge in [0.15, 0.2) is 0 Å². The maximum atomic E-state index is 12.5. The summed E-state index contributed by atoms with van der Waals surface area (Å²) in [7, 11) is 0. The van der Waals surface area contributed by atoms with Crippen molar-refractivity contribution in [3.05, 3.63) is 36.5 Å². The van der Waals surface area contributed by atoms with E-state index in [1.807, 2.05) is 0 Å². The molecule has 7 heteroatoms. The Bertz CT molecular complexity index is 505. The smallest absolute Gasteiger partial charge is 0.417 e. The number of hydrogen-bond acceptors (Lipinski definition) is 4. The second-order valence-electron chi connectivity index (χ2n) is 5.69. The Balaban J connectivity index is 1.80. The SMILES string of the molecule is C=CCCC(O)CN1CCC(Oc2ccc(C(F)(F)F)cn2)C1. The monoisotopic (exact) mass is 330 g/mol. The van der Waals surface area contributed by atoms with Gasteiger partial charge in [-0.25, -0.2) is 4.98 Å². The third-order valence-electron chi connectivity index (χ3n) is 3.75. The highest BCUT2D eigenvalue weighted by Crippen LogP contribution is 2.29. The Kier molecular flexibility index (Phi) is 6.01. The van der Waals surface area contributed by atoms with Gasteiger partial charge in [0.05, 0.1) is 11.7 Å². The van der Waals surface area contributed by atoms with Crippen LogP contribution in [0.1, 0.15) is 24.8 Å². The third kappa shape index (κ3) is 5.51. The van der Waals surface area contributed by atoms with Crippen LogP contribution in [-0.4, -0.2) is 46.8 Å². The van der Waals surface area contributed by atoms with Crippen LogP contribution in [0.15, 0.2) is 31.0 Å². The van der Waals surface area contributed by atoms with E-state index < -0.39 is 17.8 Å². The first kappa shape index (κ1) is 17.7. The number of aliphatic hydroxyl groups is 1. The zero-order chi connectivity index (χ0) is 16.9. The van der Waals surface area contributed by atoms with Crippen LogP contribution in [0.4, 0.5) is 13.2 Å². The quantitative estimate of drug-likeness (QED) is 0.781. The molecule has 0 spiro atoms. The highest BCUT2D eigenvalue weighted by atomic mass is 19.4. The number of ether oxygens (including phenoxy) is 1. The molecule has 2 atom stereocenters. The van der Waals surface area contributed by atoms with Gasteiger partial charge < -0.3 is 9.84 Å². The van der Waals surface area contributed by atoms with Gasteiger partial charge in [0.25, 0.3) is 0 Å². The molecule has 2 rings (SSSR count). The van der Waals surface area contributed by atoms with Gasteiger partial charge in [-0.3, -0.25) is 4.90 Å². The van der Waals surface area contributed by atoms with Crippen LogP contribution in [0.5, 0.6) is 5.88 Å². The maximum Gasteiger partial charge on any atom is 0.417 e. The summed E-state index contributed by atoms with van der Waals surface area (Å²) in [5.41, 5.74) is -0.789. The van der Waals surface area contributed by atoms with Crippen LogP contribution < -0.4 is 4.74 Å². The second-order valence-corrected chi connectivity index (χ2v) is 5.69. The maximum absolute atomic E-state index is 12.5. The summed E-state index contributed by atoms with van der Waals surface area (Å²) in [5.74, 6) is 0.192. The Morgan fingerprint density at radius 3 is 2.87 bits per heavy atom. The van der Waals surface area contributed by atoms with E-state index >= 15 is 0 Å². The summed E-state index contributed by atoms with van der Waals surface area (Å²) in [5, 5.41) is 9.87. The number of β-amino-alcohol motifs (C(OH)–C–C–N with tert-alkyl or cyclic N) is 1. The molecule has 2 heterocycles. The molecule has 0 saturated carbocycles. The molecule has 0 radical (unpaired) electrons. The van der Waals surface area contributed by atoms with Crippen molar-refractivity contribution in [2.75, 3.05) is 19.6 Å². The second kappa shape index (κ2) is 7.79. The van der Waals surface area contributed by atoms with Crippen molar-refractivity contribution in [3.8, 4) is 5.88 Å². The van der Waals surface area contributed by atoms with Gasteiger partial charge in [0.2, 0.25) is 5.88 Å². The lowest BCUT2D eigenvalue weighted by Gasteiger charge is -2.19. The summed E-state index contributed by atoms with van der Waals surface area (Å²) in [4.78, 5) is 5.80. The number of nitrogens with zero attached hydrogens (tertiary/aromatic N) is 2. The van der Waals surface area contributed by atoms with E-state index in [2.05, 4.69) is 16.5 Å². The molecular weight excluding hydrogens is 309 g/mol. The van der Waals surface area contributed by atoms with E-state index in [-0.39, 0.29) is 12.0 Å². The molecule has 128 valence electrons. The molecule has 0 amide bonds. The average molecular weight is 330 g/mol. The predicted molar refractivity (Wildman–Crippen MR) is 80.1 cm³/mol. The summed E-state index contributed by atoms with van der Waals surface area (Å²) >= 11 is 0. The molecule has 1 N–H and O–H groups in total. The van der Waals surface area contributed by atoms with Crippen LogP contribution in [-0.2, 0) is 6.18 Å². The van der Waals surface area contributed by atoms with Gasteiger partial charge >= 0.3 is 6.18 Å². The normalized spacial score (nSPS) is 20.4. The Morgan fingerprint density at radius 2 is 2.26 bits per heavy atom. The van der Waals surface area contributed by atoms with Crippen LogP contribution in [0.3, 0.4) is 0 Å². The fourth-order valence-corrected chi connectivity index (χ4v) is 2.55. The van der Waals surface area contributed by atoms with Crippen molar-refractivity contribution in [1.29, 1.82) is 0 Å². The van der Waals surface area contributed by atoms with Gasteiger partial charge in [-0.05, 0) is 25.3 Å². The molecule has 0 bridgehead atoms. The number of alkyl halides is 3. The number of aromatic nitrogens is 1. The van der Waals surface area contributed by atoms with Gasteiger partial charge in [-0.2, -0.15) is 13.2 Å². The number of halogens is 3. The largest absolute Gasteiger partial charge is 0.473 e. The van der Waals surface area contributed by atoms with Crippen LogP contribution >= 0.6 is 0 Å². The molecule has 2 unspecified atom stereocenters. The molecule has 23 heavy (non-hydrogen) atoms. The highest BCUT2D eigenvalue weighted by Gasteiger charge is 2.31. The minimum atomic E-state index is -4.39. The van der Waals surface area contributed by atoms with Gasteiger partial charge in [-0.15, -0.1) is 6.58 Å². The third-order valence-corrected chi connectivity index (χ3v) is 3.75. The van der Waals surface area contributed by atoms with E-state index in [1.54, 1.807) is 6.08 Å². The first-order valence-corrected chi connectivity index (χ1v) is 7.59. The van der Waals surface area contributed by atoms with Crippen molar-refractivity contribution in [2.45, 2.75) is 37.6 Å². The number of hydrogen-bond donors (Lipinski definition) is 1. The standard InChI is InChI=1S/C16H21F3N2O2/c1-2-3-4-13(22)10-21-8-7-14(11-21)23-15-6-5-12(9-20-15)16(17,18)19/h2,5-6,9,13-14,22H,1,3-4,7-8,10-11H2. The molecule has 1 fully saturated rings. The fraction of sp³-hybridized carbons (Fsp3) is 0.562. The molecular formula is C16H21F3N2O2. The lowest BCUT2D eigenvalue weighted by molar-refractivity contribution is -0.137. The first-order chi connectivity index (χ1) is 10.9. The minimum absolute atomic E-state index is 0.120. The van der Waals surface area contributed by atoms with Crippen molar-refractivity contribution >= 4 is 0 Å². The van der Waals surface area contributed by atoms with Crippen molar-refractivity contribution in [3.63, 3.8) is 0 Å². The number of pyridine rings is 1. The number of rotatable bonds is 7. The molecule has 0 aromatic carbocycles. The van der Waals surface area contributed by atoms with Crippen molar-refractivity contribution in [2.24, 2.45) is 0 Å². The lowest BCUT2D eigenvalue weighted by Crippen LogP contribution is -2.32. The summed E-state index contributed by atoms with van der Waals surface area (Å²) < 4.78 is 43.0. The van der Waals surface area contributed by atoms with Gasteiger partial charge in [0, 0.05) is 31.9 Å².